The summed E-state index contributed by atoms with van der Waals surface area (Å²) in [7, 11) is 0. The van der Waals surface area contributed by atoms with Crippen molar-refractivity contribution in [3.8, 4) is 6.07 Å². The van der Waals surface area contributed by atoms with Gasteiger partial charge in [0.25, 0.3) is 0 Å². The summed E-state index contributed by atoms with van der Waals surface area (Å²) in [6.45, 7) is 0. The molecule has 0 unspecified atom stereocenters. The van der Waals surface area contributed by atoms with Crippen molar-refractivity contribution in [1.29, 1.82) is 5.26 Å². The maximum Gasteiger partial charge on any atom is 0.180 e. The minimum Gasteiger partial charge on any atom is -0.293 e. The van der Waals surface area contributed by atoms with Gasteiger partial charge >= 0.3 is 0 Å². The molecule has 2 aliphatic carbocycles. The molecule has 2 nitrogen and oxygen atoms in total. The van der Waals surface area contributed by atoms with Crippen molar-refractivity contribution < 1.29 is 4.79 Å². The summed E-state index contributed by atoms with van der Waals surface area (Å²) in [5.41, 5.74) is 1.86. The molecule has 1 atom stereocenters. The van der Waals surface area contributed by atoms with Gasteiger partial charge in [0.05, 0.1) is 6.07 Å². The van der Waals surface area contributed by atoms with Gasteiger partial charge in [0, 0.05) is 5.56 Å². The molecule has 0 N–H and O–H groups in total. The van der Waals surface area contributed by atoms with Crippen LogP contribution >= 0.6 is 0 Å². The molecule has 2 aliphatic rings. The number of ketones is 1. The highest BCUT2D eigenvalue weighted by Crippen LogP contribution is 2.50. The largest absolute Gasteiger partial charge is 0.293 e. The van der Waals surface area contributed by atoms with Crippen LogP contribution in [-0.4, -0.2) is 5.78 Å². The molecule has 1 spiro atoms. The van der Waals surface area contributed by atoms with Crippen LogP contribution in [0.3, 0.4) is 0 Å². The second-order valence-corrected chi connectivity index (χ2v) is 5.33. The van der Waals surface area contributed by atoms with Crippen molar-refractivity contribution in [2.75, 3.05) is 0 Å². The van der Waals surface area contributed by atoms with E-state index in [1.165, 1.54) is 0 Å². The first-order valence-electron chi connectivity index (χ1n) is 6.29. The fourth-order valence-electron chi connectivity index (χ4n) is 3.57. The number of fused-ring (bicyclic) bond motifs is 1. The summed E-state index contributed by atoms with van der Waals surface area (Å²) in [6.07, 6.45) is 5.30. The summed E-state index contributed by atoms with van der Waals surface area (Å²) < 4.78 is 0. The quantitative estimate of drug-likeness (QED) is 0.680. The van der Waals surface area contributed by atoms with Gasteiger partial charge < -0.3 is 0 Å². The first-order chi connectivity index (χ1) is 8.27. The van der Waals surface area contributed by atoms with Crippen molar-refractivity contribution in [1.82, 2.24) is 0 Å². The molecule has 0 saturated heterocycles. The maximum absolute atomic E-state index is 12.4. The monoisotopic (exact) mass is 225 g/mol. The molecule has 0 heterocycles. The lowest BCUT2D eigenvalue weighted by atomic mass is 9.63. The van der Waals surface area contributed by atoms with E-state index in [0.29, 0.717) is 0 Å². The molecule has 2 heteroatoms. The molecule has 1 fully saturated rings. The normalized spacial score (nSPS) is 25.6. The Hall–Kier alpha value is -1.62. The Kier molecular flexibility index (Phi) is 2.29. The van der Waals surface area contributed by atoms with Crippen LogP contribution in [0.15, 0.2) is 24.3 Å². The zero-order valence-corrected chi connectivity index (χ0v) is 9.78. The van der Waals surface area contributed by atoms with E-state index in [2.05, 4.69) is 6.07 Å². The molecule has 86 valence electrons. The third-order valence-electron chi connectivity index (χ3n) is 4.43. The van der Waals surface area contributed by atoms with Crippen LogP contribution in [-0.2, 0) is 6.42 Å². The summed E-state index contributed by atoms with van der Waals surface area (Å²) in [5.74, 6) is -0.365. The Morgan fingerprint density at radius 1 is 1.24 bits per heavy atom. The highest BCUT2D eigenvalue weighted by atomic mass is 16.1. The molecule has 1 aromatic carbocycles. The molecule has 0 amide bonds. The van der Waals surface area contributed by atoms with Gasteiger partial charge in [0.15, 0.2) is 5.78 Å². The van der Waals surface area contributed by atoms with Crippen molar-refractivity contribution in [2.45, 2.75) is 32.1 Å². The zero-order chi connectivity index (χ0) is 11.9. The first-order valence-corrected chi connectivity index (χ1v) is 6.29. The van der Waals surface area contributed by atoms with Crippen molar-refractivity contribution in [3.63, 3.8) is 0 Å². The minimum absolute atomic E-state index is 0.0521. The summed E-state index contributed by atoms with van der Waals surface area (Å²) in [4.78, 5) is 12.4. The van der Waals surface area contributed by atoms with Gasteiger partial charge in [-0.1, -0.05) is 37.1 Å². The Balaban J connectivity index is 2.12. The lowest BCUT2D eigenvalue weighted by Crippen LogP contribution is -2.39. The lowest BCUT2D eigenvalue weighted by molar-refractivity contribution is 0.0795. The summed E-state index contributed by atoms with van der Waals surface area (Å²) >= 11 is 0. The molecular formula is C15H15NO. The molecule has 17 heavy (non-hydrogen) atoms. The van der Waals surface area contributed by atoms with E-state index in [9.17, 15) is 10.1 Å². The number of carbonyl (C=O) groups is 1. The predicted molar refractivity (Wildman–Crippen MR) is 64.5 cm³/mol. The summed E-state index contributed by atoms with van der Waals surface area (Å²) in [5, 5.41) is 9.34. The molecule has 0 bridgehead atoms. The van der Waals surface area contributed by atoms with Gasteiger partial charge in [-0.05, 0) is 30.2 Å². The first kappa shape index (κ1) is 10.5. The van der Waals surface area contributed by atoms with Gasteiger partial charge in [-0.25, -0.2) is 0 Å². The topological polar surface area (TPSA) is 40.9 Å². The lowest BCUT2D eigenvalue weighted by Gasteiger charge is -2.37. The van der Waals surface area contributed by atoms with Crippen LogP contribution in [0, 0.1) is 22.7 Å². The second-order valence-electron chi connectivity index (χ2n) is 5.33. The number of Topliss-reactive ketones (excluding diaryl/α,β-unsaturated/α-hetero) is 1. The standard InChI is InChI=1S/C15H15NO/c16-10-13-14(17)12-6-2-1-5-11(12)9-15(13)7-3-4-8-15/h1-2,5-6,13H,3-4,7-9H2/t13-/m1/s1. The van der Waals surface area contributed by atoms with Gasteiger partial charge in [-0.15, -0.1) is 0 Å². The molecule has 0 aliphatic heterocycles. The number of nitriles is 1. The minimum atomic E-state index is -0.417. The van der Waals surface area contributed by atoms with Crippen LogP contribution in [0.2, 0.25) is 0 Å². The van der Waals surface area contributed by atoms with Gasteiger partial charge in [0.1, 0.15) is 5.92 Å². The maximum atomic E-state index is 12.4. The van der Waals surface area contributed by atoms with E-state index < -0.39 is 5.92 Å². The molecule has 1 saturated carbocycles. The Morgan fingerprint density at radius 2 is 1.94 bits per heavy atom. The number of carbonyl (C=O) groups excluding carboxylic acids is 1. The van der Waals surface area contributed by atoms with E-state index in [4.69, 9.17) is 0 Å². The van der Waals surface area contributed by atoms with Crippen molar-refractivity contribution in [2.24, 2.45) is 11.3 Å². The van der Waals surface area contributed by atoms with Crippen LogP contribution in [0.5, 0.6) is 0 Å². The van der Waals surface area contributed by atoms with E-state index in [1.54, 1.807) is 0 Å². The van der Waals surface area contributed by atoms with Crippen LogP contribution < -0.4 is 0 Å². The molecular weight excluding hydrogens is 210 g/mol. The third-order valence-corrected chi connectivity index (χ3v) is 4.43. The fraction of sp³-hybridized carbons (Fsp3) is 0.467. The van der Waals surface area contributed by atoms with Crippen molar-refractivity contribution in [3.05, 3.63) is 35.4 Å². The van der Waals surface area contributed by atoms with Gasteiger partial charge in [-0.3, -0.25) is 4.79 Å². The van der Waals surface area contributed by atoms with E-state index in [0.717, 1.165) is 43.2 Å². The SMILES string of the molecule is N#C[C@@H]1C(=O)c2ccccc2CC12CCCC2. The van der Waals surface area contributed by atoms with Crippen LogP contribution in [0.1, 0.15) is 41.6 Å². The highest BCUT2D eigenvalue weighted by Gasteiger charge is 2.48. The Bertz CT molecular complexity index is 506. The van der Waals surface area contributed by atoms with E-state index in [-0.39, 0.29) is 11.2 Å². The van der Waals surface area contributed by atoms with Crippen molar-refractivity contribution >= 4 is 5.78 Å². The van der Waals surface area contributed by atoms with Crippen LogP contribution in [0.25, 0.3) is 0 Å². The average molecular weight is 225 g/mol. The van der Waals surface area contributed by atoms with Gasteiger partial charge in [0.2, 0.25) is 0 Å². The molecule has 0 aromatic heterocycles. The highest BCUT2D eigenvalue weighted by molar-refractivity contribution is 6.02. The van der Waals surface area contributed by atoms with E-state index >= 15 is 0 Å². The van der Waals surface area contributed by atoms with Gasteiger partial charge in [-0.2, -0.15) is 5.26 Å². The van der Waals surface area contributed by atoms with E-state index in [1.807, 2.05) is 24.3 Å². The number of nitrogens with zero attached hydrogens (tertiary/aromatic N) is 1. The third kappa shape index (κ3) is 1.42. The molecule has 1 aromatic rings. The smallest absolute Gasteiger partial charge is 0.180 e. The predicted octanol–water partition coefficient (Wildman–Crippen LogP) is 3.13. The Morgan fingerprint density at radius 3 is 2.65 bits per heavy atom. The number of hydrogen-bond acceptors (Lipinski definition) is 2. The molecule has 0 radical (unpaired) electrons. The summed E-state index contributed by atoms with van der Waals surface area (Å²) in [6, 6.07) is 10.1. The second kappa shape index (κ2) is 3.70. The molecule has 3 rings (SSSR count). The number of rotatable bonds is 0. The zero-order valence-electron chi connectivity index (χ0n) is 9.78. The average Bonchev–Trinajstić information content (AvgIpc) is 2.79. The number of hydrogen-bond donors (Lipinski definition) is 0. The van der Waals surface area contributed by atoms with Crippen LogP contribution in [0.4, 0.5) is 0 Å². The fourth-order valence-corrected chi connectivity index (χ4v) is 3.57. The number of benzene rings is 1. The Labute approximate surface area is 101 Å².